The normalized spacial score (nSPS) is 18.8. The zero-order chi connectivity index (χ0) is 17.4. The molecule has 4 heterocycles. The number of thioether (sulfide) groups is 1. The van der Waals surface area contributed by atoms with Gasteiger partial charge in [-0.25, -0.2) is 0 Å². The van der Waals surface area contributed by atoms with E-state index in [0.29, 0.717) is 5.50 Å². The summed E-state index contributed by atoms with van der Waals surface area (Å²) in [5.41, 5.74) is 2.64. The number of hydrogen-bond acceptors (Lipinski definition) is 5. The minimum atomic E-state index is 0.0527. The number of aromatic nitrogens is 1. The molecule has 2 aliphatic heterocycles. The molecule has 5 heteroatoms. The Morgan fingerprint density at radius 2 is 1.88 bits per heavy atom. The molecule has 0 aromatic carbocycles. The lowest BCUT2D eigenvalue weighted by molar-refractivity contribution is 0.173. The lowest BCUT2D eigenvalue weighted by Crippen LogP contribution is -2.45. The first-order valence-corrected chi connectivity index (χ1v) is 9.91. The summed E-state index contributed by atoms with van der Waals surface area (Å²) >= 11 is 3.60. The zero-order valence-electron chi connectivity index (χ0n) is 14.4. The van der Waals surface area contributed by atoms with Crippen molar-refractivity contribution >= 4 is 28.8 Å². The van der Waals surface area contributed by atoms with Crippen LogP contribution in [0.25, 0.3) is 5.70 Å². The van der Waals surface area contributed by atoms with Gasteiger partial charge < -0.3 is 9.80 Å². The molecule has 25 heavy (non-hydrogen) atoms. The highest BCUT2D eigenvalue weighted by atomic mass is 32.2. The second kappa shape index (κ2) is 6.29. The summed E-state index contributed by atoms with van der Waals surface area (Å²) in [6.45, 7) is 6.79. The maximum atomic E-state index is 4.03. The van der Waals surface area contributed by atoms with Crippen molar-refractivity contribution in [1.29, 1.82) is 0 Å². The summed E-state index contributed by atoms with van der Waals surface area (Å²) in [6, 6.07) is 8.16. The second-order valence-corrected chi connectivity index (χ2v) is 8.95. The van der Waals surface area contributed by atoms with Gasteiger partial charge in [-0.2, -0.15) is 0 Å². The molecule has 3 nitrogen and oxygen atoms in total. The van der Waals surface area contributed by atoms with Gasteiger partial charge in [0, 0.05) is 35.9 Å². The fourth-order valence-electron chi connectivity index (χ4n) is 2.93. The minimum Gasteiger partial charge on any atom is -0.335 e. The number of nitrogens with zero attached hydrogens (tertiary/aromatic N) is 3. The maximum absolute atomic E-state index is 4.03. The average Bonchev–Trinajstić information content (AvgIpc) is 3.27. The van der Waals surface area contributed by atoms with Gasteiger partial charge in [-0.3, -0.25) is 4.98 Å². The van der Waals surface area contributed by atoms with E-state index in [4.69, 9.17) is 0 Å². The van der Waals surface area contributed by atoms with E-state index in [-0.39, 0.29) is 5.54 Å². The average molecular weight is 366 g/mol. The molecule has 0 aliphatic carbocycles. The molecule has 0 bridgehead atoms. The molecule has 0 saturated carbocycles. The van der Waals surface area contributed by atoms with E-state index in [9.17, 15) is 0 Å². The summed E-state index contributed by atoms with van der Waals surface area (Å²) < 4.78 is 0. The van der Waals surface area contributed by atoms with Crippen LogP contribution in [0.5, 0.6) is 0 Å². The summed E-state index contributed by atoms with van der Waals surface area (Å²) in [7, 11) is 0. The Kier molecular flexibility index (Phi) is 4.10. The quantitative estimate of drug-likeness (QED) is 0.679. The van der Waals surface area contributed by atoms with Crippen molar-refractivity contribution in [2.45, 2.75) is 31.8 Å². The second-order valence-electron chi connectivity index (χ2n) is 6.90. The van der Waals surface area contributed by atoms with Crippen molar-refractivity contribution in [2.24, 2.45) is 0 Å². The standard InChI is InChI=1S/C20H19N3S2/c1-20(2,3)23-17(14-22-12-13-24-19(22)23)18-7-6-16(25-18)5-4-15-8-10-21-11-9-15/h6-14,19H,1-3H3. The van der Waals surface area contributed by atoms with Crippen LogP contribution in [0.15, 0.2) is 54.5 Å². The predicted molar refractivity (Wildman–Crippen MR) is 106 cm³/mol. The Labute approximate surface area is 157 Å². The third-order valence-corrected chi connectivity index (χ3v) is 6.03. The first-order valence-electron chi connectivity index (χ1n) is 8.15. The van der Waals surface area contributed by atoms with Gasteiger partial charge >= 0.3 is 0 Å². The molecule has 0 spiro atoms. The number of pyridine rings is 1. The number of fused-ring (bicyclic) bond motifs is 1. The van der Waals surface area contributed by atoms with E-state index in [2.05, 4.69) is 77.3 Å². The van der Waals surface area contributed by atoms with E-state index < -0.39 is 0 Å². The highest BCUT2D eigenvalue weighted by Gasteiger charge is 2.40. The number of thiophene rings is 1. The molecule has 0 N–H and O–H groups in total. The number of hydrogen-bond donors (Lipinski definition) is 0. The third kappa shape index (κ3) is 3.20. The van der Waals surface area contributed by atoms with Crippen LogP contribution in [0.3, 0.4) is 0 Å². The third-order valence-electron chi connectivity index (χ3n) is 4.03. The molecule has 0 radical (unpaired) electrons. The van der Waals surface area contributed by atoms with Crippen LogP contribution in [-0.2, 0) is 0 Å². The summed E-state index contributed by atoms with van der Waals surface area (Å²) in [5, 5.41) is 2.16. The van der Waals surface area contributed by atoms with Crippen molar-refractivity contribution in [2.75, 3.05) is 0 Å². The molecule has 0 fully saturated rings. The van der Waals surface area contributed by atoms with Gasteiger partial charge in [0.05, 0.1) is 15.5 Å². The molecule has 2 aromatic rings. The highest BCUT2D eigenvalue weighted by Crippen LogP contribution is 2.45. The highest BCUT2D eigenvalue weighted by molar-refractivity contribution is 8.02. The zero-order valence-corrected chi connectivity index (χ0v) is 16.1. The molecule has 126 valence electrons. The van der Waals surface area contributed by atoms with Crippen molar-refractivity contribution in [3.8, 4) is 11.8 Å². The van der Waals surface area contributed by atoms with E-state index in [1.165, 1.54) is 10.6 Å². The van der Waals surface area contributed by atoms with Gasteiger partial charge in [0.15, 0.2) is 5.50 Å². The first-order chi connectivity index (χ1) is 12.0. The molecule has 0 saturated heterocycles. The van der Waals surface area contributed by atoms with Crippen LogP contribution in [-0.4, -0.2) is 25.8 Å². The topological polar surface area (TPSA) is 19.4 Å². The summed E-state index contributed by atoms with van der Waals surface area (Å²) in [4.78, 5) is 11.1. The van der Waals surface area contributed by atoms with Crippen molar-refractivity contribution in [3.05, 3.63) is 69.8 Å². The lowest BCUT2D eigenvalue weighted by Gasteiger charge is -2.39. The van der Waals surface area contributed by atoms with E-state index in [1.54, 1.807) is 23.7 Å². The molecule has 2 aromatic heterocycles. The van der Waals surface area contributed by atoms with Crippen molar-refractivity contribution in [3.63, 3.8) is 0 Å². The molecule has 0 amide bonds. The van der Waals surface area contributed by atoms with Crippen LogP contribution in [0.1, 0.15) is 36.1 Å². The smallest absolute Gasteiger partial charge is 0.158 e. The molecule has 1 unspecified atom stereocenters. The minimum absolute atomic E-state index is 0.0527. The van der Waals surface area contributed by atoms with Crippen LogP contribution < -0.4 is 0 Å². The Morgan fingerprint density at radius 3 is 2.64 bits per heavy atom. The Morgan fingerprint density at radius 1 is 1.08 bits per heavy atom. The summed E-state index contributed by atoms with van der Waals surface area (Å²) in [6.07, 6.45) is 7.94. The van der Waals surface area contributed by atoms with Gasteiger partial charge in [0.25, 0.3) is 0 Å². The van der Waals surface area contributed by atoms with E-state index in [0.717, 1.165) is 10.4 Å². The van der Waals surface area contributed by atoms with Gasteiger partial charge in [-0.1, -0.05) is 23.6 Å². The summed E-state index contributed by atoms with van der Waals surface area (Å²) in [5.74, 6) is 6.48. The van der Waals surface area contributed by atoms with Crippen LogP contribution >= 0.6 is 23.1 Å². The lowest BCUT2D eigenvalue weighted by atomic mass is 10.1. The van der Waals surface area contributed by atoms with Crippen LogP contribution in [0, 0.1) is 11.8 Å². The van der Waals surface area contributed by atoms with Gasteiger partial charge in [0.2, 0.25) is 0 Å². The molecule has 2 aliphatic rings. The van der Waals surface area contributed by atoms with Crippen molar-refractivity contribution < 1.29 is 0 Å². The Hall–Kier alpha value is -2.16. The molecule has 4 rings (SSSR count). The van der Waals surface area contributed by atoms with Gasteiger partial charge in [-0.05, 0) is 50.4 Å². The monoisotopic (exact) mass is 365 g/mol. The molecular weight excluding hydrogens is 346 g/mol. The SMILES string of the molecule is CC(C)(C)N1C(c2ccc(C#Cc3ccncc3)s2)=CN2C=CSC21. The fourth-order valence-corrected chi connectivity index (χ4v) is 4.97. The Bertz CT molecular complexity index is 894. The van der Waals surface area contributed by atoms with Gasteiger partial charge in [0.1, 0.15) is 0 Å². The van der Waals surface area contributed by atoms with Gasteiger partial charge in [-0.15, -0.1) is 11.3 Å². The molecular formula is C20H19N3S2. The van der Waals surface area contributed by atoms with E-state index in [1.807, 2.05) is 23.9 Å². The fraction of sp³-hybridized carbons (Fsp3) is 0.250. The van der Waals surface area contributed by atoms with Crippen LogP contribution in [0.4, 0.5) is 0 Å². The van der Waals surface area contributed by atoms with Crippen LogP contribution in [0.2, 0.25) is 0 Å². The first kappa shape index (κ1) is 16.3. The van der Waals surface area contributed by atoms with E-state index >= 15 is 0 Å². The predicted octanol–water partition coefficient (Wildman–Crippen LogP) is 4.76. The molecule has 1 atom stereocenters. The number of rotatable bonds is 1. The Balaban J connectivity index is 1.63. The maximum Gasteiger partial charge on any atom is 0.158 e. The van der Waals surface area contributed by atoms with Crippen molar-refractivity contribution in [1.82, 2.24) is 14.8 Å². The largest absolute Gasteiger partial charge is 0.335 e.